The fourth-order valence-corrected chi connectivity index (χ4v) is 2.11. The molecule has 1 unspecified atom stereocenters. The predicted molar refractivity (Wildman–Crippen MR) is 65.8 cm³/mol. The van der Waals surface area contributed by atoms with Crippen LogP contribution in [0.15, 0.2) is 12.4 Å². The van der Waals surface area contributed by atoms with Gasteiger partial charge >= 0.3 is 0 Å². The van der Waals surface area contributed by atoms with E-state index in [0.717, 1.165) is 5.56 Å². The molecule has 0 radical (unpaired) electrons. The second-order valence-electron chi connectivity index (χ2n) is 4.11. The molecule has 0 saturated heterocycles. The van der Waals surface area contributed by atoms with E-state index in [1.807, 2.05) is 6.92 Å². The number of sulfone groups is 1. The molecule has 0 saturated carbocycles. The van der Waals surface area contributed by atoms with Crippen molar-refractivity contribution in [2.45, 2.75) is 25.8 Å². The minimum Gasteiger partial charge on any atom is -0.271 e. The minimum atomic E-state index is -2.93. The summed E-state index contributed by atoms with van der Waals surface area (Å²) in [4.78, 5) is 8.32. The highest BCUT2D eigenvalue weighted by Gasteiger charge is 2.13. The Morgan fingerprint density at radius 3 is 2.47 bits per heavy atom. The molecular weight excluding hydrogens is 240 g/mol. The highest BCUT2D eigenvalue weighted by molar-refractivity contribution is 7.90. The lowest BCUT2D eigenvalue weighted by atomic mass is 10.1. The molecule has 0 aromatic carbocycles. The molecule has 0 aliphatic carbocycles. The van der Waals surface area contributed by atoms with Crippen LogP contribution in [-0.2, 0) is 9.84 Å². The molecule has 1 aromatic rings. The summed E-state index contributed by atoms with van der Waals surface area (Å²) in [5, 5.41) is 0. The van der Waals surface area contributed by atoms with Crippen LogP contribution in [0, 0.1) is 6.92 Å². The summed E-state index contributed by atoms with van der Waals surface area (Å²) < 4.78 is 22.0. The van der Waals surface area contributed by atoms with Crippen LogP contribution < -0.4 is 11.3 Å². The van der Waals surface area contributed by atoms with Gasteiger partial charge in [0.15, 0.2) is 0 Å². The normalized spacial score (nSPS) is 13.6. The highest BCUT2D eigenvalue weighted by Crippen LogP contribution is 2.13. The molecule has 1 rings (SSSR count). The van der Waals surface area contributed by atoms with Crippen LogP contribution in [0.3, 0.4) is 0 Å². The van der Waals surface area contributed by atoms with Gasteiger partial charge in [-0.25, -0.2) is 23.8 Å². The van der Waals surface area contributed by atoms with Crippen LogP contribution in [0.25, 0.3) is 0 Å². The second-order valence-corrected chi connectivity index (χ2v) is 6.37. The third-order valence-electron chi connectivity index (χ3n) is 2.32. The lowest BCUT2D eigenvalue weighted by molar-refractivity contribution is 0.483. The maximum absolute atomic E-state index is 11.0. The van der Waals surface area contributed by atoms with Crippen molar-refractivity contribution in [1.29, 1.82) is 0 Å². The fourth-order valence-electron chi connectivity index (χ4n) is 1.42. The average molecular weight is 258 g/mol. The standard InChI is InChI=1S/C10H18N4O2S/c1-8-6-12-10(13-7-8)9(14-11)4-3-5-17(2,15)16/h6-7,9,14H,3-5,11H2,1-2H3. The van der Waals surface area contributed by atoms with Crippen molar-refractivity contribution in [2.24, 2.45) is 5.84 Å². The second kappa shape index (κ2) is 6.04. The Kier molecular flexibility index (Phi) is 4.98. The van der Waals surface area contributed by atoms with E-state index in [9.17, 15) is 8.42 Å². The van der Waals surface area contributed by atoms with Gasteiger partial charge < -0.3 is 0 Å². The zero-order chi connectivity index (χ0) is 12.9. The van der Waals surface area contributed by atoms with Gasteiger partial charge in [0.25, 0.3) is 0 Å². The number of hydrogen-bond donors (Lipinski definition) is 2. The van der Waals surface area contributed by atoms with Crippen LogP contribution in [0.2, 0.25) is 0 Å². The van der Waals surface area contributed by atoms with E-state index in [-0.39, 0.29) is 11.8 Å². The zero-order valence-electron chi connectivity index (χ0n) is 10.0. The van der Waals surface area contributed by atoms with Gasteiger partial charge in [-0.15, -0.1) is 0 Å². The lowest BCUT2D eigenvalue weighted by Crippen LogP contribution is -2.29. The summed E-state index contributed by atoms with van der Waals surface area (Å²) in [6.45, 7) is 1.90. The molecule has 0 spiro atoms. The molecule has 17 heavy (non-hydrogen) atoms. The van der Waals surface area contributed by atoms with E-state index < -0.39 is 9.84 Å². The SMILES string of the molecule is Cc1cnc(C(CCCS(C)(=O)=O)NN)nc1. The minimum absolute atomic E-state index is 0.150. The number of nitrogens with zero attached hydrogens (tertiary/aromatic N) is 2. The van der Waals surface area contributed by atoms with Gasteiger partial charge in [-0.1, -0.05) is 0 Å². The summed E-state index contributed by atoms with van der Waals surface area (Å²) in [5.74, 6) is 6.15. The summed E-state index contributed by atoms with van der Waals surface area (Å²) in [6.07, 6.45) is 5.77. The van der Waals surface area contributed by atoms with E-state index >= 15 is 0 Å². The topological polar surface area (TPSA) is 98.0 Å². The van der Waals surface area contributed by atoms with Crippen LogP contribution in [0.4, 0.5) is 0 Å². The highest BCUT2D eigenvalue weighted by atomic mass is 32.2. The van der Waals surface area contributed by atoms with Crippen LogP contribution in [0.5, 0.6) is 0 Å². The van der Waals surface area contributed by atoms with Gasteiger partial charge in [0.05, 0.1) is 6.04 Å². The summed E-state index contributed by atoms with van der Waals surface area (Å²) in [5.41, 5.74) is 3.58. The molecule has 6 nitrogen and oxygen atoms in total. The number of nitrogens with two attached hydrogens (primary N) is 1. The Morgan fingerprint density at radius 1 is 1.41 bits per heavy atom. The molecule has 0 amide bonds. The maximum Gasteiger partial charge on any atom is 0.147 e. The zero-order valence-corrected chi connectivity index (χ0v) is 10.9. The van der Waals surface area contributed by atoms with Crippen molar-refractivity contribution in [1.82, 2.24) is 15.4 Å². The van der Waals surface area contributed by atoms with Crippen LogP contribution >= 0.6 is 0 Å². The smallest absolute Gasteiger partial charge is 0.147 e. The van der Waals surface area contributed by atoms with Crippen molar-refractivity contribution in [3.8, 4) is 0 Å². The molecule has 0 fully saturated rings. The van der Waals surface area contributed by atoms with Gasteiger partial charge in [0, 0.05) is 24.4 Å². The van der Waals surface area contributed by atoms with Crippen molar-refractivity contribution >= 4 is 9.84 Å². The molecule has 0 aliphatic rings. The molecule has 1 heterocycles. The Labute approximate surface area is 102 Å². The first-order valence-electron chi connectivity index (χ1n) is 5.35. The Bertz CT molecular complexity index is 444. The van der Waals surface area contributed by atoms with Gasteiger partial charge in [-0.05, 0) is 25.3 Å². The van der Waals surface area contributed by atoms with E-state index in [2.05, 4.69) is 15.4 Å². The first kappa shape index (κ1) is 14.0. The summed E-state index contributed by atoms with van der Waals surface area (Å²) in [6, 6.07) is -0.211. The number of hydrogen-bond acceptors (Lipinski definition) is 6. The molecule has 1 atom stereocenters. The Morgan fingerprint density at radius 2 is 2.00 bits per heavy atom. The monoisotopic (exact) mass is 258 g/mol. The first-order valence-corrected chi connectivity index (χ1v) is 7.41. The van der Waals surface area contributed by atoms with Crippen LogP contribution in [-0.4, -0.2) is 30.4 Å². The number of nitrogens with one attached hydrogen (secondary N) is 1. The van der Waals surface area contributed by atoms with Gasteiger partial charge in [-0.3, -0.25) is 5.84 Å². The first-order chi connectivity index (χ1) is 7.92. The summed E-state index contributed by atoms with van der Waals surface area (Å²) >= 11 is 0. The van der Waals surface area contributed by atoms with E-state index in [1.54, 1.807) is 12.4 Å². The average Bonchev–Trinajstić information content (AvgIpc) is 2.24. The van der Waals surface area contributed by atoms with E-state index in [0.29, 0.717) is 18.7 Å². The van der Waals surface area contributed by atoms with Gasteiger partial charge in [0.2, 0.25) is 0 Å². The molecule has 1 aromatic heterocycles. The van der Waals surface area contributed by atoms with Crippen LogP contribution in [0.1, 0.15) is 30.3 Å². The van der Waals surface area contributed by atoms with Crippen molar-refractivity contribution in [2.75, 3.05) is 12.0 Å². The molecular formula is C10H18N4O2S. The molecule has 0 bridgehead atoms. The van der Waals surface area contributed by atoms with Crippen molar-refractivity contribution < 1.29 is 8.42 Å². The Balaban J connectivity index is 2.57. The largest absolute Gasteiger partial charge is 0.271 e. The number of rotatable bonds is 6. The molecule has 96 valence electrons. The Hall–Kier alpha value is -1.05. The van der Waals surface area contributed by atoms with E-state index in [4.69, 9.17) is 5.84 Å². The summed E-state index contributed by atoms with van der Waals surface area (Å²) in [7, 11) is -2.93. The number of aromatic nitrogens is 2. The van der Waals surface area contributed by atoms with Gasteiger partial charge in [-0.2, -0.15) is 0 Å². The maximum atomic E-state index is 11.0. The quantitative estimate of drug-likeness (QED) is 0.555. The third kappa shape index (κ3) is 5.20. The number of hydrazine groups is 1. The fraction of sp³-hybridized carbons (Fsp3) is 0.600. The predicted octanol–water partition coefficient (Wildman–Crippen LogP) is 0.114. The van der Waals surface area contributed by atoms with Crippen molar-refractivity contribution in [3.63, 3.8) is 0 Å². The van der Waals surface area contributed by atoms with Gasteiger partial charge in [0.1, 0.15) is 15.7 Å². The van der Waals surface area contributed by atoms with E-state index in [1.165, 1.54) is 6.26 Å². The lowest BCUT2D eigenvalue weighted by Gasteiger charge is -2.13. The molecule has 7 heteroatoms. The van der Waals surface area contributed by atoms with Crippen molar-refractivity contribution in [3.05, 3.63) is 23.8 Å². The molecule has 3 N–H and O–H groups in total. The molecule has 0 aliphatic heterocycles. The third-order valence-corrected chi connectivity index (χ3v) is 3.35. The number of aryl methyl sites for hydroxylation is 1.